The van der Waals surface area contributed by atoms with Crippen LogP contribution < -0.4 is 10.2 Å². The van der Waals surface area contributed by atoms with E-state index >= 15 is 0 Å². The number of hydrogen-bond donors (Lipinski definition) is 1. The highest BCUT2D eigenvalue weighted by molar-refractivity contribution is 5.92. The molecule has 3 aliphatic heterocycles. The minimum absolute atomic E-state index is 0.0155. The summed E-state index contributed by atoms with van der Waals surface area (Å²) < 4.78 is 5.59. The molecule has 5 rings (SSSR count). The van der Waals surface area contributed by atoms with Gasteiger partial charge in [-0.1, -0.05) is 18.2 Å². The lowest BCUT2D eigenvalue weighted by Gasteiger charge is -2.38. The Morgan fingerprint density at radius 1 is 1.11 bits per heavy atom. The molecule has 3 amide bonds. The van der Waals surface area contributed by atoms with Crippen LogP contribution in [0.2, 0.25) is 0 Å². The van der Waals surface area contributed by atoms with Crippen LogP contribution in [0.1, 0.15) is 50.4 Å². The van der Waals surface area contributed by atoms with E-state index in [1.54, 1.807) is 11.2 Å². The molecule has 9 heteroatoms. The summed E-state index contributed by atoms with van der Waals surface area (Å²) in [7, 11) is 0. The van der Waals surface area contributed by atoms with Gasteiger partial charge in [0.1, 0.15) is 17.7 Å². The summed E-state index contributed by atoms with van der Waals surface area (Å²) in [4.78, 5) is 40.4. The van der Waals surface area contributed by atoms with Crippen molar-refractivity contribution in [1.82, 2.24) is 19.8 Å². The number of urea groups is 1. The van der Waals surface area contributed by atoms with Gasteiger partial charge < -0.3 is 24.8 Å². The van der Waals surface area contributed by atoms with Gasteiger partial charge in [0.15, 0.2) is 0 Å². The van der Waals surface area contributed by atoms with Gasteiger partial charge in [0, 0.05) is 50.4 Å². The van der Waals surface area contributed by atoms with Crippen LogP contribution in [0.4, 0.5) is 21.1 Å². The fourth-order valence-corrected chi connectivity index (χ4v) is 5.12. The molecule has 1 saturated heterocycles. The Labute approximate surface area is 206 Å². The average Bonchev–Trinajstić information content (AvgIpc) is 2.83. The third-order valence-electron chi connectivity index (χ3n) is 6.93. The van der Waals surface area contributed by atoms with Crippen molar-refractivity contribution in [2.24, 2.45) is 5.92 Å². The maximum Gasteiger partial charge on any atom is 0.410 e. The molecule has 0 spiro atoms. The number of benzene rings is 1. The van der Waals surface area contributed by atoms with E-state index in [2.05, 4.69) is 26.3 Å². The van der Waals surface area contributed by atoms with Crippen molar-refractivity contribution in [3.8, 4) is 0 Å². The molecule has 3 aliphatic rings. The normalized spacial score (nSPS) is 18.6. The Morgan fingerprint density at radius 3 is 2.66 bits per heavy atom. The summed E-state index contributed by atoms with van der Waals surface area (Å²) in [5.41, 5.74) is 3.59. The number of hydrogen-bond acceptors (Lipinski definition) is 6. The smallest absolute Gasteiger partial charge is 0.410 e. The summed E-state index contributed by atoms with van der Waals surface area (Å²) in [6.45, 7) is 9.86. The lowest BCUT2D eigenvalue weighted by molar-refractivity contribution is 0.0223. The molecule has 0 aliphatic carbocycles. The first-order chi connectivity index (χ1) is 16.8. The number of nitrogens with one attached hydrogen (secondary N) is 1. The van der Waals surface area contributed by atoms with Crippen molar-refractivity contribution >= 4 is 23.6 Å². The lowest BCUT2D eigenvalue weighted by Crippen LogP contribution is -2.45. The molecule has 1 N–H and O–H groups in total. The van der Waals surface area contributed by atoms with E-state index in [1.807, 2.05) is 43.9 Å². The largest absolute Gasteiger partial charge is 0.444 e. The zero-order chi connectivity index (χ0) is 24.6. The van der Waals surface area contributed by atoms with Gasteiger partial charge in [0.25, 0.3) is 0 Å². The number of carbonyl (C=O) groups excluding carboxylic acids is 2. The number of ether oxygens (including phenoxy) is 1. The van der Waals surface area contributed by atoms with Crippen LogP contribution in [0.25, 0.3) is 0 Å². The molecule has 2 aromatic rings. The Balaban J connectivity index is 1.21. The molecular formula is C26H34N6O3. The van der Waals surface area contributed by atoms with E-state index in [9.17, 15) is 9.59 Å². The monoisotopic (exact) mass is 478 g/mol. The molecule has 0 atom stereocenters. The highest BCUT2D eigenvalue weighted by atomic mass is 16.6. The van der Waals surface area contributed by atoms with Gasteiger partial charge in [-0.25, -0.2) is 19.6 Å². The first-order valence-electron chi connectivity index (χ1n) is 12.5. The van der Waals surface area contributed by atoms with E-state index < -0.39 is 5.60 Å². The Hall–Kier alpha value is -3.36. The number of nitrogens with zero attached hydrogens (tertiary/aromatic N) is 5. The van der Waals surface area contributed by atoms with Crippen molar-refractivity contribution in [1.29, 1.82) is 0 Å². The van der Waals surface area contributed by atoms with E-state index in [-0.39, 0.29) is 12.1 Å². The molecule has 9 nitrogen and oxygen atoms in total. The second-order valence-electron chi connectivity index (χ2n) is 10.7. The predicted octanol–water partition coefficient (Wildman–Crippen LogP) is 4.03. The molecule has 1 aromatic carbocycles. The number of amides is 3. The van der Waals surface area contributed by atoms with Gasteiger partial charge in [-0.3, -0.25) is 0 Å². The standard InChI is InChI=1S/C26H34N6O3/c1-26(2,3)35-25(34)31-13-10-22-20(16-31)23(28-17-27-22)30-11-8-18(9-12-30)14-32-15-19-6-4-5-7-21(19)29-24(32)33/h4-7,17-18H,8-16H2,1-3H3,(H,29,33). The van der Waals surface area contributed by atoms with E-state index in [0.29, 0.717) is 32.0 Å². The average molecular weight is 479 g/mol. The fraction of sp³-hybridized carbons (Fsp3) is 0.538. The Morgan fingerprint density at radius 2 is 1.89 bits per heavy atom. The van der Waals surface area contributed by atoms with Crippen molar-refractivity contribution in [2.75, 3.05) is 36.4 Å². The van der Waals surface area contributed by atoms with Gasteiger partial charge in [0.05, 0.1) is 12.2 Å². The van der Waals surface area contributed by atoms with Crippen LogP contribution in [-0.2, 0) is 24.2 Å². The quantitative estimate of drug-likeness (QED) is 0.716. The third kappa shape index (κ3) is 5.18. The predicted molar refractivity (Wildman–Crippen MR) is 133 cm³/mol. The van der Waals surface area contributed by atoms with Crippen LogP contribution in [0.5, 0.6) is 0 Å². The van der Waals surface area contributed by atoms with E-state index in [1.165, 1.54) is 0 Å². The molecule has 4 heterocycles. The molecule has 0 bridgehead atoms. The lowest BCUT2D eigenvalue weighted by atomic mass is 9.95. The summed E-state index contributed by atoms with van der Waals surface area (Å²) in [6.07, 6.45) is 4.02. The maximum absolute atomic E-state index is 12.7. The van der Waals surface area contributed by atoms with E-state index in [4.69, 9.17) is 4.74 Å². The zero-order valence-electron chi connectivity index (χ0n) is 20.8. The van der Waals surface area contributed by atoms with Crippen molar-refractivity contribution in [3.05, 3.63) is 47.4 Å². The minimum Gasteiger partial charge on any atom is -0.444 e. The number of anilines is 2. The van der Waals surface area contributed by atoms with Crippen LogP contribution >= 0.6 is 0 Å². The van der Waals surface area contributed by atoms with Gasteiger partial charge >= 0.3 is 12.1 Å². The Kier molecular flexibility index (Phi) is 6.25. The molecule has 1 fully saturated rings. The summed E-state index contributed by atoms with van der Waals surface area (Å²) in [5, 5.41) is 3.01. The molecular weight excluding hydrogens is 444 g/mol. The molecule has 0 unspecified atom stereocenters. The summed E-state index contributed by atoms with van der Waals surface area (Å²) >= 11 is 0. The first kappa shape index (κ1) is 23.4. The first-order valence-corrected chi connectivity index (χ1v) is 12.5. The van der Waals surface area contributed by atoms with Gasteiger partial charge in [-0.2, -0.15) is 0 Å². The van der Waals surface area contributed by atoms with Crippen LogP contribution in [-0.4, -0.2) is 63.7 Å². The minimum atomic E-state index is -0.525. The molecule has 1 aromatic heterocycles. The fourth-order valence-electron chi connectivity index (χ4n) is 5.12. The molecule has 186 valence electrons. The molecule has 0 radical (unpaired) electrons. The van der Waals surface area contributed by atoms with E-state index in [0.717, 1.165) is 60.8 Å². The SMILES string of the molecule is CC(C)(C)OC(=O)N1CCc2ncnc(N3CCC(CN4Cc5ccccc5NC4=O)CC3)c2C1. The number of aromatic nitrogens is 2. The maximum atomic E-state index is 12.7. The van der Waals surface area contributed by atoms with Crippen LogP contribution in [0.15, 0.2) is 30.6 Å². The topological polar surface area (TPSA) is 90.9 Å². The molecule has 35 heavy (non-hydrogen) atoms. The highest BCUT2D eigenvalue weighted by Crippen LogP contribution is 2.31. The van der Waals surface area contributed by atoms with Crippen molar-refractivity contribution in [3.63, 3.8) is 0 Å². The third-order valence-corrected chi connectivity index (χ3v) is 6.93. The second-order valence-corrected chi connectivity index (χ2v) is 10.7. The second kappa shape index (κ2) is 9.36. The summed E-state index contributed by atoms with van der Waals surface area (Å²) in [5.74, 6) is 1.37. The number of fused-ring (bicyclic) bond motifs is 2. The Bertz CT molecular complexity index is 1110. The zero-order valence-corrected chi connectivity index (χ0v) is 20.8. The highest BCUT2D eigenvalue weighted by Gasteiger charge is 2.32. The number of rotatable bonds is 3. The molecule has 0 saturated carbocycles. The number of piperidine rings is 1. The van der Waals surface area contributed by atoms with Gasteiger partial charge in [-0.15, -0.1) is 0 Å². The number of para-hydroxylation sites is 1. The summed E-state index contributed by atoms with van der Waals surface area (Å²) in [6, 6.07) is 7.97. The van der Waals surface area contributed by atoms with Gasteiger partial charge in [0.2, 0.25) is 0 Å². The van der Waals surface area contributed by atoms with Crippen LogP contribution in [0.3, 0.4) is 0 Å². The van der Waals surface area contributed by atoms with Gasteiger partial charge in [-0.05, 0) is 51.2 Å². The van der Waals surface area contributed by atoms with Crippen molar-refractivity contribution < 1.29 is 14.3 Å². The van der Waals surface area contributed by atoms with Crippen molar-refractivity contribution in [2.45, 2.75) is 58.7 Å². The van der Waals surface area contributed by atoms with Crippen LogP contribution in [0, 0.1) is 5.92 Å². The number of carbonyl (C=O) groups is 2.